The molecule has 5 nitrogen and oxygen atoms in total. The maximum atomic E-state index is 12.5. The number of benzene rings is 2. The molecule has 0 bridgehead atoms. The summed E-state index contributed by atoms with van der Waals surface area (Å²) >= 11 is 12.2. The number of rotatable bonds is 3. The molecule has 1 N–H and O–H groups in total. The van der Waals surface area contributed by atoms with Crippen molar-refractivity contribution in [2.75, 3.05) is 25.1 Å². The van der Waals surface area contributed by atoms with E-state index in [0.717, 1.165) is 18.7 Å². The van der Waals surface area contributed by atoms with E-state index in [-0.39, 0.29) is 5.91 Å². The lowest BCUT2D eigenvalue weighted by Gasteiger charge is -2.29. The maximum Gasteiger partial charge on any atom is 0.258 e. The molecule has 1 aliphatic heterocycles. The second kappa shape index (κ2) is 7.76. The van der Waals surface area contributed by atoms with Gasteiger partial charge in [0.05, 0.1) is 12.1 Å². The molecule has 1 heterocycles. The highest BCUT2D eigenvalue weighted by molar-refractivity contribution is 6.32. The number of anilines is 1. The van der Waals surface area contributed by atoms with Crippen molar-refractivity contribution in [1.29, 1.82) is 0 Å². The van der Waals surface area contributed by atoms with Gasteiger partial charge < -0.3 is 9.64 Å². The average molecular weight is 378 g/mol. The summed E-state index contributed by atoms with van der Waals surface area (Å²) in [6, 6.07) is 12.3. The Bertz CT molecular complexity index is 824. The van der Waals surface area contributed by atoms with Crippen molar-refractivity contribution in [3.8, 4) is 5.75 Å². The lowest BCUT2D eigenvalue weighted by Crippen LogP contribution is -2.47. The normalized spacial score (nSPS) is 14.0. The largest absolute Gasteiger partial charge is 0.495 e. The number of hydrogen-bond acceptors (Lipinski definition) is 4. The van der Waals surface area contributed by atoms with Crippen LogP contribution < -0.4 is 15.0 Å². The number of carbonyl (C=O) groups excluding carboxylic acids is 1. The fourth-order valence-corrected chi connectivity index (χ4v) is 3.03. The number of aliphatic imine (C=N–C) groups is 1. The molecule has 0 aliphatic carbocycles. The predicted octanol–water partition coefficient (Wildman–Crippen LogP) is 4.00. The van der Waals surface area contributed by atoms with Crippen molar-refractivity contribution >= 4 is 40.8 Å². The number of nitrogens with zero attached hydrogens (tertiary/aromatic N) is 2. The standard InChI is InChI=1S/C18H17Cl2N3O2/c1-25-16-7-6-14(11-15(16)20)23-9-3-8-21-18(23)22-17(24)12-4-2-5-13(19)10-12/h2,4-7,10-11H,3,8-9H2,1H3,(H,21,22,24). The second-order valence-corrected chi connectivity index (χ2v) is 6.34. The molecular weight excluding hydrogens is 361 g/mol. The van der Waals surface area contributed by atoms with E-state index in [4.69, 9.17) is 27.9 Å². The molecule has 25 heavy (non-hydrogen) atoms. The third-order valence-electron chi connectivity index (χ3n) is 3.82. The molecule has 2 aromatic carbocycles. The highest BCUT2D eigenvalue weighted by Crippen LogP contribution is 2.29. The van der Waals surface area contributed by atoms with Crippen LogP contribution >= 0.6 is 23.2 Å². The molecule has 0 spiro atoms. The van der Waals surface area contributed by atoms with E-state index in [1.165, 1.54) is 0 Å². The van der Waals surface area contributed by atoms with Crippen molar-refractivity contribution in [2.24, 2.45) is 4.99 Å². The van der Waals surface area contributed by atoms with E-state index in [2.05, 4.69) is 10.3 Å². The maximum absolute atomic E-state index is 12.5. The minimum atomic E-state index is -0.257. The summed E-state index contributed by atoms with van der Waals surface area (Å²) in [4.78, 5) is 18.9. The van der Waals surface area contributed by atoms with Gasteiger partial charge in [0, 0.05) is 29.4 Å². The zero-order chi connectivity index (χ0) is 17.8. The Morgan fingerprint density at radius 3 is 2.80 bits per heavy atom. The van der Waals surface area contributed by atoms with Crippen LogP contribution in [0.5, 0.6) is 5.75 Å². The first-order chi connectivity index (χ1) is 12.1. The van der Waals surface area contributed by atoms with Crippen LogP contribution in [0.25, 0.3) is 0 Å². The smallest absolute Gasteiger partial charge is 0.258 e. The molecule has 1 amide bonds. The van der Waals surface area contributed by atoms with Crippen molar-refractivity contribution in [1.82, 2.24) is 5.32 Å². The Labute approximate surface area is 156 Å². The van der Waals surface area contributed by atoms with Crippen LogP contribution in [-0.4, -0.2) is 32.1 Å². The van der Waals surface area contributed by atoms with Gasteiger partial charge in [0.15, 0.2) is 0 Å². The summed E-state index contributed by atoms with van der Waals surface area (Å²) in [5.74, 6) is 0.842. The number of halogens is 2. The van der Waals surface area contributed by atoms with Gasteiger partial charge in [0.1, 0.15) is 5.75 Å². The number of methoxy groups -OCH3 is 1. The summed E-state index contributed by atoms with van der Waals surface area (Å²) < 4.78 is 5.18. The fourth-order valence-electron chi connectivity index (χ4n) is 2.59. The Balaban J connectivity index is 1.83. The van der Waals surface area contributed by atoms with Gasteiger partial charge in [-0.2, -0.15) is 0 Å². The Kier molecular flexibility index (Phi) is 5.46. The summed E-state index contributed by atoms with van der Waals surface area (Å²) in [5, 5.41) is 3.88. The molecule has 0 aromatic heterocycles. The number of amides is 1. The molecule has 1 aliphatic rings. The number of guanidine groups is 1. The third-order valence-corrected chi connectivity index (χ3v) is 4.35. The average Bonchev–Trinajstić information content (AvgIpc) is 2.62. The van der Waals surface area contributed by atoms with Gasteiger partial charge in [0.2, 0.25) is 5.96 Å². The van der Waals surface area contributed by atoms with Gasteiger partial charge in [-0.15, -0.1) is 0 Å². The zero-order valence-electron chi connectivity index (χ0n) is 13.6. The SMILES string of the molecule is COc1ccc(N2CCCN=C2NC(=O)c2cccc(Cl)c2)cc1Cl. The van der Waals surface area contributed by atoms with Gasteiger partial charge >= 0.3 is 0 Å². The first-order valence-corrected chi connectivity index (χ1v) is 8.56. The van der Waals surface area contributed by atoms with Gasteiger partial charge in [-0.05, 0) is 42.8 Å². The van der Waals surface area contributed by atoms with Crippen molar-refractivity contribution in [3.05, 3.63) is 58.1 Å². The minimum Gasteiger partial charge on any atom is -0.495 e. The molecule has 3 rings (SSSR count). The van der Waals surface area contributed by atoms with Crippen molar-refractivity contribution in [2.45, 2.75) is 6.42 Å². The Morgan fingerprint density at radius 1 is 1.24 bits per heavy atom. The lowest BCUT2D eigenvalue weighted by atomic mass is 10.2. The van der Waals surface area contributed by atoms with Gasteiger partial charge in [-0.1, -0.05) is 29.3 Å². The molecule has 130 valence electrons. The van der Waals surface area contributed by atoms with E-state index in [0.29, 0.717) is 33.9 Å². The van der Waals surface area contributed by atoms with Crippen LogP contribution in [0.4, 0.5) is 5.69 Å². The highest BCUT2D eigenvalue weighted by Gasteiger charge is 2.21. The van der Waals surface area contributed by atoms with Crippen LogP contribution in [-0.2, 0) is 0 Å². The van der Waals surface area contributed by atoms with Crippen LogP contribution in [0.3, 0.4) is 0 Å². The van der Waals surface area contributed by atoms with Gasteiger partial charge in [-0.3, -0.25) is 15.1 Å². The predicted molar refractivity (Wildman–Crippen MR) is 101 cm³/mol. The topological polar surface area (TPSA) is 53.9 Å². The van der Waals surface area contributed by atoms with Crippen LogP contribution in [0.15, 0.2) is 47.5 Å². The molecule has 0 atom stereocenters. The molecule has 0 fully saturated rings. The third kappa shape index (κ3) is 4.06. The Morgan fingerprint density at radius 2 is 2.08 bits per heavy atom. The monoisotopic (exact) mass is 377 g/mol. The summed E-state index contributed by atoms with van der Waals surface area (Å²) in [6.45, 7) is 1.39. The summed E-state index contributed by atoms with van der Waals surface area (Å²) in [5.41, 5.74) is 1.32. The number of hydrogen-bond donors (Lipinski definition) is 1. The zero-order valence-corrected chi connectivity index (χ0v) is 15.1. The van der Waals surface area contributed by atoms with E-state index in [1.54, 1.807) is 43.5 Å². The van der Waals surface area contributed by atoms with Gasteiger partial charge in [-0.25, -0.2) is 0 Å². The molecule has 2 aromatic rings. The highest BCUT2D eigenvalue weighted by atomic mass is 35.5. The van der Waals surface area contributed by atoms with E-state index in [9.17, 15) is 4.79 Å². The van der Waals surface area contributed by atoms with E-state index in [1.807, 2.05) is 11.0 Å². The number of ether oxygens (including phenoxy) is 1. The molecule has 0 saturated heterocycles. The first kappa shape index (κ1) is 17.6. The first-order valence-electron chi connectivity index (χ1n) is 7.81. The number of carbonyl (C=O) groups is 1. The minimum absolute atomic E-state index is 0.257. The van der Waals surface area contributed by atoms with Gasteiger partial charge in [0.25, 0.3) is 5.91 Å². The van der Waals surface area contributed by atoms with Crippen molar-refractivity contribution < 1.29 is 9.53 Å². The molecular formula is C18H17Cl2N3O2. The van der Waals surface area contributed by atoms with E-state index >= 15 is 0 Å². The van der Waals surface area contributed by atoms with Crippen LogP contribution in [0, 0.1) is 0 Å². The Hall–Kier alpha value is -2.24. The number of nitrogens with one attached hydrogen (secondary N) is 1. The van der Waals surface area contributed by atoms with E-state index < -0.39 is 0 Å². The van der Waals surface area contributed by atoms with Crippen LogP contribution in [0.1, 0.15) is 16.8 Å². The summed E-state index contributed by atoms with van der Waals surface area (Å²) in [7, 11) is 1.57. The molecule has 0 radical (unpaired) electrons. The summed E-state index contributed by atoms with van der Waals surface area (Å²) in [6.07, 6.45) is 0.889. The van der Waals surface area contributed by atoms with Crippen LogP contribution in [0.2, 0.25) is 10.0 Å². The quantitative estimate of drug-likeness (QED) is 0.879. The lowest BCUT2D eigenvalue weighted by molar-refractivity contribution is 0.0976. The molecule has 0 unspecified atom stereocenters. The second-order valence-electron chi connectivity index (χ2n) is 5.49. The molecule has 7 heteroatoms. The fraction of sp³-hybridized carbons (Fsp3) is 0.222. The molecule has 0 saturated carbocycles. The van der Waals surface area contributed by atoms with Crippen molar-refractivity contribution in [3.63, 3.8) is 0 Å².